The molecule has 4 rings (SSSR count). The quantitative estimate of drug-likeness (QED) is 0.862. The Hall–Kier alpha value is -2.15. The van der Waals surface area contributed by atoms with Crippen molar-refractivity contribution >= 4 is 15.7 Å². The fourth-order valence-electron chi connectivity index (χ4n) is 3.42. The molecule has 0 spiro atoms. The van der Waals surface area contributed by atoms with Gasteiger partial charge < -0.3 is 5.32 Å². The Morgan fingerprint density at radius 3 is 2.87 bits per heavy atom. The third kappa shape index (κ3) is 2.55. The van der Waals surface area contributed by atoms with Crippen molar-refractivity contribution in [1.82, 2.24) is 15.5 Å². The van der Waals surface area contributed by atoms with Crippen LogP contribution in [0.3, 0.4) is 0 Å². The van der Waals surface area contributed by atoms with E-state index in [4.69, 9.17) is 0 Å². The van der Waals surface area contributed by atoms with Gasteiger partial charge in [0.2, 0.25) is 0 Å². The normalized spacial score (nSPS) is 21.5. The molecule has 1 aromatic heterocycles. The van der Waals surface area contributed by atoms with E-state index in [1.807, 2.05) is 18.2 Å². The molecule has 1 atom stereocenters. The zero-order chi connectivity index (χ0) is 16.0. The molecule has 1 saturated heterocycles. The van der Waals surface area contributed by atoms with E-state index in [2.05, 4.69) is 21.6 Å². The molecule has 120 valence electrons. The van der Waals surface area contributed by atoms with E-state index < -0.39 is 9.84 Å². The van der Waals surface area contributed by atoms with E-state index >= 15 is 0 Å². The third-order valence-corrected chi connectivity index (χ3v) is 6.32. The molecule has 1 aromatic carbocycles. The van der Waals surface area contributed by atoms with Gasteiger partial charge in [-0.05, 0) is 30.4 Å². The Morgan fingerprint density at radius 2 is 2.09 bits per heavy atom. The van der Waals surface area contributed by atoms with E-state index in [1.165, 1.54) is 5.56 Å². The molecule has 2 aliphatic rings. The lowest BCUT2D eigenvalue weighted by atomic mass is 9.88. The summed E-state index contributed by atoms with van der Waals surface area (Å²) in [6.07, 6.45) is 2.22. The zero-order valence-electron chi connectivity index (χ0n) is 12.5. The van der Waals surface area contributed by atoms with Gasteiger partial charge in [-0.1, -0.05) is 24.3 Å². The number of nitrogens with one attached hydrogen (secondary N) is 2. The van der Waals surface area contributed by atoms with Crippen LogP contribution in [0.15, 0.2) is 24.3 Å². The van der Waals surface area contributed by atoms with Crippen molar-refractivity contribution in [2.24, 2.45) is 0 Å². The second kappa shape index (κ2) is 5.19. The Kier molecular flexibility index (Phi) is 3.26. The van der Waals surface area contributed by atoms with Crippen molar-refractivity contribution < 1.29 is 13.2 Å². The minimum absolute atomic E-state index is 0.0158. The topological polar surface area (TPSA) is 91.9 Å². The molecule has 2 N–H and O–H groups in total. The second-order valence-electron chi connectivity index (χ2n) is 6.16. The third-order valence-electron chi connectivity index (χ3n) is 4.56. The van der Waals surface area contributed by atoms with Crippen LogP contribution in [0.2, 0.25) is 0 Å². The smallest absolute Gasteiger partial charge is 0.272 e. The van der Waals surface area contributed by atoms with Gasteiger partial charge in [-0.3, -0.25) is 9.89 Å². The lowest BCUT2D eigenvalue weighted by Crippen LogP contribution is -2.36. The summed E-state index contributed by atoms with van der Waals surface area (Å²) >= 11 is 0. The maximum absolute atomic E-state index is 12.6. The van der Waals surface area contributed by atoms with Crippen molar-refractivity contribution in [3.8, 4) is 11.1 Å². The van der Waals surface area contributed by atoms with Crippen molar-refractivity contribution in [2.45, 2.75) is 25.3 Å². The second-order valence-corrected chi connectivity index (χ2v) is 8.39. The Bertz CT molecular complexity index is 886. The lowest BCUT2D eigenvalue weighted by Gasteiger charge is -2.17. The highest BCUT2D eigenvalue weighted by Gasteiger charge is 2.31. The summed E-state index contributed by atoms with van der Waals surface area (Å²) in [6.45, 7) is 0. The number of hydrogen-bond donors (Lipinski definition) is 2. The molecule has 1 fully saturated rings. The van der Waals surface area contributed by atoms with Crippen LogP contribution in [0.25, 0.3) is 11.1 Å². The summed E-state index contributed by atoms with van der Waals surface area (Å²) in [5.74, 6) is -0.150. The van der Waals surface area contributed by atoms with E-state index in [9.17, 15) is 13.2 Å². The molecule has 1 amide bonds. The first-order chi connectivity index (χ1) is 11.0. The van der Waals surface area contributed by atoms with Crippen LogP contribution in [0.5, 0.6) is 0 Å². The maximum atomic E-state index is 12.6. The maximum Gasteiger partial charge on any atom is 0.272 e. The molecule has 0 bridgehead atoms. The lowest BCUT2D eigenvalue weighted by molar-refractivity contribution is 0.0936. The molecule has 6 nitrogen and oxygen atoms in total. The van der Waals surface area contributed by atoms with Crippen molar-refractivity contribution in [3.63, 3.8) is 0 Å². The van der Waals surface area contributed by atoms with Crippen LogP contribution >= 0.6 is 0 Å². The minimum Gasteiger partial charge on any atom is -0.347 e. The van der Waals surface area contributed by atoms with Gasteiger partial charge >= 0.3 is 0 Å². The van der Waals surface area contributed by atoms with Gasteiger partial charge in [0, 0.05) is 17.3 Å². The van der Waals surface area contributed by atoms with Crippen LogP contribution in [-0.4, -0.2) is 42.1 Å². The van der Waals surface area contributed by atoms with Crippen LogP contribution in [0.1, 0.15) is 28.2 Å². The summed E-state index contributed by atoms with van der Waals surface area (Å²) in [5, 5.41) is 9.97. The number of carbonyl (C=O) groups is 1. The number of rotatable bonds is 2. The number of H-pyrrole nitrogens is 1. The average molecular weight is 331 g/mol. The van der Waals surface area contributed by atoms with Crippen molar-refractivity contribution in [2.75, 3.05) is 11.5 Å². The number of benzene rings is 1. The number of fused-ring (bicyclic) bond motifs is 3. The highest BCUT2D eigenvalue weighted by molar-refractivity contribution is 7.91. The van der Waals surface area contributed by atoms with Gasteiger partial charge in [-0.15, -0.1) is 0 Å². The number of nitrogens with zero attached hydrogens (tertiary/aromatic N) is 1. The van der Waals surface area contributed by atoms with E-state index in [0.717, 1.165) is 29.7 Å². The van der Waals surface area contributed by atoms with Crippen LogP contribution < -0.4 is 5.32 Å². The Morgan fingerprint density at radius 1 is 1.26 bits per heavy atom. The Balaban J connectivity index is 1.65. The predicted octanol–water partition coefficient (Wildman–Crippen LogP) is 1.09. The van der Waals surface area contributed by atoms with Gasteiger partial charge in [0.25, 0.3) is 5.91 Å². The van der Waals surface area contributed by atoms with Gasteiger partial charge in [0.05, 0.1) is 11.5 Å². The number of aromatic nitrogens is 2. The number of amides is 1. The van der Waals surface area contributed by atoms with Crippen LogP contribution in [0, 0.1) is 0 Å². The minimum atomic E-state index is -3.02. The fourth-order valence-corrected chi connectivity index (χ4v) is 5.09. The first-order valence-electron chi connectivity index (χ1n) is 7.70. The van der Waals surface area contributed by atoms with Crippen LogP contribution in [-0.2, 0) is 22.7 Å². The molecule has 0 unspecified atom stereocenters. The highest BCUT2D eigenvalue weighted by Crippen LogP contribution is 2.34. The average Bonchev–Trinajstić information content (AvgIpc) is 3.10. The first-order valence-corrected chi connectivity index (χ1v) is 9.52. The molecule has 1 aliphatic heterocycles. The number of hydrogen-bond acceptors (Lipinski definition) is 4. The Labute approximate surface area is 134 Å². The van der Waals surface area contributed by atoms with Crippen molar-refractivity contribution in [1.29, 1.82) is 0 Å². The number of sulfone groups is 1. The molecule has 23 heavy (non-hydrogen) atoms. The monoisotopic (exact) mass is 331 g/mol. The summed E-state index contributed by atoms with van der Waals surface area (Å²) in [4.78, 5) is 12.6. The van der Waals surface area contributed by atoms with Crippen LogP contribution in [0.4, 0.5) is 0 Å². The van der Waals surface area contributed by atoms with Gasteiger partial charge in [0.15, 0.2) is 15.5 Å². The molecule has 2 heterocycles. The molecule has 2 aromatic rings. The van der Waals surface area contributed by atoms with Gasteiger partial charge in [-0.2, -0.15) is 5.10 Å². The summed E-state index contributed by atoms with van der Waals surface area (Å²) in [6, 6.07) is 7.69. The van der Waals surface area contributed by atoms with E-state index in [1.54, 1.807) is 0 Å². The SMILES string of the molecule is O=C(N[C@@H]1CCS(=O)(=O)C1)c1n[nH]c2c1-c1ccccc1CC2. The van der Waals surface area contributed by atoms with E-state index in [-0.39, 0.29) is 23.5 Å². The molecule has 0 radical (unpaired) electrons. The van der Waals surface area contributed by atoms with Gasteiger partial charge in [0.1, 0.15) is 0 Å². The number of aryl methyl sites for hydroxylation is 2. The number of aromatic amines is 1. The highest BCUT2D eigenvalue weighted by atomic mass is 32.2. The summed E-state index contributed by atoms with van der Waals surface area (Å²) in [5.41, 5.74) is 4.42. The molecule has 0 saturated carbocycles. The fraction of sp³-hybridized carbons (Fsp3) is 0.375. The molecule has 7 heteroatoms. The largest absolute Gasteiger partial charge is 0.347 e. The first kappa shape index (κ1) is 14.4. The molecular formula is C16H17N3O3S. The predicted molar refractivity (Wildman–Crippen MR) is 86.0 cm³/mol. The zero-order valence-corrected chi connectivity index (χ0v) is 13.3. The van der Waals surface area contributed by atoms with E-state index in [0.29, 0.717) is 12.1 Å². The summed E-state index contributed by atoms with van der Waals surface area (Å²) in [7, 11) is -3.02. The van der Waals surface area contributed by atoms with Crippen molar-refractivity contribution in [3.05, 3.63) is 41.2 Å². The standard InChI is InChI=1S/C16H17N3O3S/c20-16(17-11-7-8-23(21,22)9-11)15-14-12-4-2-1-3-10(12)5-6-13(14)18-19-15/h1-4,11H,5-9H2,(H,17,20)(H,18,19)/t11-/m1/s1. The molecular weight excluding hydrogens is 314 g/mol. The summed E-state index contributed by atoms with van der Waals surface area (Å²) < 4.78 is 23.1. The molecule has 1 aliphatic carbocycles. The number of carbonyl (C=O) groups excluding carboxylic acids is 1. The van der Waals surface area contributed by atoms with Gasteiger partial charge in [-0.25, -0.2) is 8.42 Å².